The fraction of sp³-hybridized carbons (Fsp3) is 0.467. The van der Waals surface area contributed by atoms with Crippen LogP contribution in [0.5, 0.6) is 0 Å². The molecule has 1 atom stereocenters. The van der Waals surface area contributed by atoms with Crippen LogP contribution in [0.2, 0.25) is 0 Å². The van der Waals surface area contributed by atoms with Crippen molar-refractivity contribution in [3.8, 4) is 0 Å². The fourth-order valence-corrected chi connectivity index (χ4v) is 2.26. The molecule has 1 aromatic rings. The number of amides is 1. The molecule has 26 heavy (non-hydrogen) atoms. The predicted molar refractivity (Wildman–Crippen MR) is 88.5 cm³/mol. The van der Waals surface area contributed by atoms with Crippen LogP contribution in [-0.4, -0.2) is 58.5 Å². The second-order valence-corrected chi connectivity index (χ2v) is 5.50. The fourth-order valence-electron chi connectivity index (χ4n) is 2.26. The molecule has 11 nitrogen and oxygen atoms in total. The molecule has 1 unspecified atom stereocenters. The van der Waals surface area contributed by atoms with Gasteiger partial charge in [-0.3, -0.25) is 29.8 Å². The quantitative estimate of drug-likeness (QED) is 0.386. The van der Waals surface area contributed by atoms with Gasteiger partial charge in [0.1, 0.15) is 0 Å². The zero-order valence-electron chi connectivity index (χ0n) is 14.3. The number of aliphatic hydroxyl groups is 1. The molecule has 0 radical (unpaired) electrons. The van der Waals surface area contributed by atoms with Crippen molar-refractivity contribution in [2.45, 2.75) is 13.3 Å². The molecule has 0 aliphatic heterocycles. The van der Waals surface area contributed by atoms with Gasteiger partial charge < -0.3 is 14.7 Å². The van der Waals surface area contributed by atoms with E-state index in [9.17, 15) is 29.8 Å². The number of non-ortho nitro benzene ring substituents is 2. The van der Waals surface area contributed by atoms with Crippen molar-refractivity contribution in [1.82, 2.24) is 4.90 Å². The van der Waals surface area contributed by atoms with E-state index in [2.05, 4.69) is 4.74 Å². The number of esters is 1. The second-order valence-electron chi connectivity index (χ2n) is 5.50. The highest BCUT2D eigenvalue weighted by atomic mass is 16.6. The molecule has 0 saturated carbocycles. The van der Waals surface area contributed by atoms with E-state index in [-0.39, 0.29) is 31.7 Å². The van der Waals surface area contributed by atoms with E-state index in [1.807, 2.05) is 0 Å². The number of methoxy groups -OCH3 is 1. The lowest BCUT2D eigenvalue weighted by Gasteiger charge is -2.24. The van der Waals surface area contributed by atoms with Gasteiger partial charge in [0.25, 0.3) is 17.3 Å². The number of rotatable bonds is 9. The molecule has 142 valence electrons. The Morgan fingerprint density at radius 1 is 1.19 bits per heavy atom. The van der Waals surface area contributed by atoms with E-state index in [1.165, 1.54) is 18.9 Å². The molecule has 1 amide bonds. The molecule has 0 saturated heterocycles. The van der Waals surface area contributed by atoms with Crippen LogP contribution in [0, 0.1) is 26.1 Å². The van der Waals surface area contributed by atoms with Crippen LogP contribution in [0.1, 0.15) is 23.7 Å². The van der Waals surface area contributed by atoms with Crippen molar-refractivity contribution in [3.05, 3.63) is 44.0 Å². The van der Waals surface area contributed by atoms with Gasteiger partial charge >= 0.3 is 5.97 Å². The standard InChI is InChI=1S/C15H19N3O8/c1-10(15(21)26-2)9-16(4-3-5-19)14(20)11-6-12(17(22)23)8-13(7-11)18(24)25/h6-8,10,19H,3-5,9H2,1-2H3. The first kappa shape index (κ1) is 21.0. The zero-order chi connectivity index (χ0) is 19.9. The zero-order valence-corrected chi connectivity index (χ0v) is 14.3. The third-order valence-electron chi connectivity index (χ3n) is 3.54. The molecule has 1 rings (SSSR count). The highest BCUT2D eigenvalue weighted by Crippen LogP contribution is 2.24. The SMILES string of the molecule is COC(=O)C(C)CN(CCCO)C(=O)c1cc([N+](=O)[O-])cc([N+](=O)[O-])c1. The Morgan fingerprint density at radius 2 is 1.73 bits per heavy atom. The maximum absolute atomic E-state index is 12.7. The van der Waals surface area contributed by atoms with Gasteiger partial charge in [-0.15, -0.1) is 0 Å². The van der Waals surface area contributed by atoms with Gasteiger partial charge in [-0.05, 0) is 6.42 Å². The lowest BCUT2D eigenvalue weighted by atomic mass is 10.1. The summed E-state index contributed by atoms with van der Waals surface area (Å²) in [6, 6.07) is 2.63. The Balaban J connectivity index is 3.22. The highest BCUT2D eigenvalue weighted by molar-refractivity contribution is 5.96. The molecule has 0 aliphatic carbocycles. The largest absolute Gasteiger partial charge is 0.469 e. The van der Waals surface area contributed by atoms with E-state index in [0.29, 0.717) is 0 Å². The van der Waals surface area contributed by atoms with Gasteiger partial charge in [-0.2, -0.15) is 0 Å². The Hall–Kier alpha value is -3.08. The third-order valence-corrected chi connectivity index (χ3v) is 3.54. The minimum atomic E-state index is -0.834. The molecule has 1 N–H and O–H groups in total. The first-order valence-corrected chi connectivity index (χ1v) is 7.63. The average Bonchev–Trinajstić information content (AvgIpc) is 2.62. The van der Waals surface area contributed by atoms with Gasteiger partial charge in [-0.25, -0.2) is 0 Å². The predicted octanol–water partition coefficient (Wildman–Crippen LogP) is 1.14. The summed E-state index contributed by atoms with van der Waals surface area (Å²) in [7, 11) is 1.20. The van der Waals surface area contributed by atoms with E-state index in [4.69, 9.17) is 5.11 Å². The third kappa shape index (κ3) is 5.48. The molecular weight excluding hydrogens is 350 g/mol. The molecule has 0 bridgehead atoms. The highest BCUT2D eigenvalue weighted by Gasteiger charge is 2.26. The van der Waals surface area contributed by atoms with Crippen LogP contribution in [0.3, 0.4) is 0 Å². The molecule has 0 fully saturated rings. The lowest BCUT2D eigenvalue weighted by molar-refractivity contribution is -0.394. The maximum Gasteiger partial charge on any atom is 0.310 e. The van der Waals surface area contributed by atoms with E-state index < -0.39 is 39.0 Å². The number of carbonyl (C=O) groups is 2. The number of nitro groups is 2. The first-order valence-electron chi connectivity index (χ1n) is 7.63. The molecule has 1 aromatic carbocycles. The Morgan fingerprint density at radius 3 is 2.15 bits per heavy atom. The number of nitrogens with zero attached hydrogens (tertiary/aromatic N) is 3. The summed E-state index contributed by atoms with van der Waals surface area (Å²) in [4.78, 5) is 45.7. The minimum Gasteiger partial charge on any atom is -0.469 e. The van der Waals surface area contributed by atoms with Crippen LogP contribution in [0.4, 0.5) is 11.4 Å². The van der Waals surface area contributed by atoms with Crippen LogP contribution in [-0.2, 0) is 9.53 Å². The topological polar surface area (TPSA) is 153 Å². The number of aliphatic hydroxyl groups excluding tert-OH is 1. The Labute approximate surface area is 148 Å². The maximum atomic E-state index is 12.7. The first-order chi connectivity index (χ1) is 12.2. The Kier molecular flexibility index (Phi) is 7.59. The van der Waals surface area contributed by atoms with Crippen LogP contribution >= 0.6 is 0 Å². The van der Waals surface area contributed by atoms with Crippen molar-refractivity contribution in [2.24, 2.45) is 5.92 Å². The lowest BCUT2D eigenvalue weighted by Crippen LogP contribution is -2.38. The van der Waals surface area contributed by atoms with Crippen molar-refractivity contribution in [1.29, 1.82) is 0 Å². The van der Waals surface area contributed by atoms with Crippen molar-refractivity contribution in [2.75, 3.05) is 26.8 Å². The van der Waals surface area contributed by atoms with Crippen LogP contribution in [0.15, 0.2) is 18.2 Å². The smallest absolute Gasteiger partial charge is 0.310 e. The Bertz CT molecular complexity index is 674. The van der Waals surface area contributed by atoms with Gasteiger partial charge in [0.2, 0.25) is 0 Å². The van der Waals surface area contributed by atoms with Gasteiger partial charge in [0, 0.05) is 31.8 Å². The minimum absolute atomic E-state index is 0.0627. The molecule has 0 heterocycles. The molecule has 0 aromatic heterocycles. The van der Waals surface area contributed by atoms with Crippen molar-refractivity contribution >= 4 is 23.3 Å². The summed E-state index contributed by atoms with van der Waals surface area (Å²) in [6.45, 7) is 1.31. The summed E-state index contributed by atoms with van der Waals surface area (Å²) >= 11 is 0. The number of nitro benzene ring substituents is 2. The van der Waals surface area contributed by atoms with Gasteiger partial charge in [0.05, 0.1) is 34.5 Å². The number of benzene rings is 1. The summed E-state index contributed by atoms with van der Waals surface area (Å²) in [5.74, 6) is -1.96. The van der Waals surface area contributed by atoms with E-state index >= 15 is 0 Å². The molecule has 0 spiro atoms. The summed E-state index contributed by atoms with van der Waals surface area (Å²) < 4.78 is 4.60. The monoisotopic (exact) mass is 369 g/mol. The van der Waals surface area contributed by atoms with Gasteiger partial charge in [0.15, 0.2) is 0 Å². The van der Waals surface area contributed by atoms with Gasteiger partial charge in [-0.1, -0.05) is 6.92 Å². The average molecular weight is 369 g/mol. The molecule has 11 heteroatoms. The second kappa shape index (κ2) is 9.42. The molecule has 0 aliphatic rings. The number of ether oxygens (including phenoxy) is 1. The normalized spacial score (nSPS) is 11.5. The van der Waals surface area contributed by atoms with E-state index in [1.54, 1.807) is 0 Å². The summed E-state index contributed by atoms with van der Waals surface area (Å²) in [6.07, 6.45) is 0.205. The number of hydrogen-bond acceptors (Lipinski definition) is 8. The van der Waals surface area contributed by atoms with Crippen molar-refractivity contribution < 1.29 is 29.3 Å². The number of hydrogen-bond donors (Lipinski definition) is 1. The molecular formula is C15H19N3O8. The van der Waals surface area contributed by atoms with E-state index in [0.717, 1.165) is 18.2 Å². The number of carbonyl (C=O) groups excluding carboxylic acids is 2. The summed E-state index contributed by atoms with van der Waals surface area (Å²) in [5.41, 5.74) is -1.43. The van der Waals surface area contributed by atoms with Crippen LogP contribution < -0.4 is 0 Å². The van der Waals surface area contributed by atoms with Crippen LogP contribution in [0.25, 0.3) is 0 Å². The van der Waals surface area contributed by atoms with Crippen molar-refractivity contribution in [3.63, 3.8) is 0 Å². The summed E-state index contributed by atoms with van der Waals surface area (Å²) in [5, 5.41) is 30.9.